The van der Waals surface area contributed by atoms with Crippen molar-refractivity contribution in [2.75, 3.05) is 70.4 Å². The topological polar surface area (TPSA) is 562 Å². The standard InChI is InChI=1S/C18H29N3O4.C18H31N3O3.C16H25N3O4.2C15H24N2O3.C14H22N2O3S.C13H21NO2S/c1-11(2)16(24)20-13-6-8-18(9-7-13)10-21(17(18)25)14(12(3)22)4-5-15(19)23;1-12(2)10-20-14-6-8-18(9-7-14)11-21(17(18)24)15(13(3)22)4-5-16(19)23;1-10(20)13(3-4-14(17)22)19-9-16(15(19)23)7-5-12(6-8-16)18-11(2)21;1-10(2)13(19)16-12-4-6-15(7-5-12)9-17(14(15)20)8-11(3)18;1-10-5-7-15(8-6-10)9-17(14(15)20)12(11(2)18)3-4-13(16)19;1-9(17)12(7-20)16-8-14(13(16)19)5-3-11(4-6-14)15-10(2)18;1-9-3-5-13(6-4-9)8-14(12(13)16)11(7-17)10(2)15/h11,13-14H,4-10H2,1-3H3,(H2,19,23)(H,20,24);12,14-15,20H,4-11H2,1-3H3,(H2,19,23);12-13H,3-9H2,1-2H3,(H2,17,22)(H,18,21);10,12H,4-9H2,1-3H3,(H,16,19);10,12H,3-9H2,1-2H3,(H2,16,19);11-12,20H,3-8H2,1-2H3,(H,15,18);9,11,17H,3-8H2,1-2H3. The van der Waals surface area contributed by atoms with E-state index in [4.69, 9.17) is 22.9 Å². The van der Waals surface area contributed by atoms with Crippen LogP contribution in [0.2, 0.25) is 0 Å². The summed E-state index contributed by atoms with van der Waals surface area (Å²) < 4.78 is 0. The molecule has 7 spiro atoms. The SMILES string of the molecule is CC(=O)C(CCC(N)=O)N1CC2(CCC(C)CC2)C1=O.CC(=O)C(CCC(N)=O)N1CC2(CCC(NC(=O)C(C)C)CC2)C1=O.CC(=O)C(CCC(N)=O)N1CC2(CCC(NCC(C)C)CC2)C1=O.CC(=O)C(CS)N1CC2(CCC(C)CC2)C1=O.CC(=O)CN1CC2(CCC(NC(=O)C(C)C)CC2)C1=O.CC(=O)NC1CCC2(CC1)CN(C(CCC(N)=O)C(C)=O)C2=O.CC(=O)NC1CCC2(CC1)CN(C(CS)C(C)=O)C2=O. The zero-order chi connectivity index (χ0) is 111. The number of carbonyl (C=O) groups is 22. The molecule has 6 atom stereocenters. The molecular weight excluding hydrogens is 1950 g/mol. The monoisotopic (exact) mass is 2130 g/mol. The second kappa shape index (κ2) is 54.3. The lowest BCUT2D eigenvalue weighted by Crippen LogP contribution is -2.67. The van der Waals surface area contributed by atoms with Crippen molar-refractivity contribution in [2.45, 2.75) is 415 Å². The largest absolute Gasteiger partial charge is 0.370 e. The fourth-order valence-corrected chi connectivity index (χ4v) is 25.5. The van der Waals surface area contributed by atoms with Gasteiger partial charge in [0.1, 0.15) is 5.78 Å². The van der Waals surface area contributed by atoms with Crippen LogP contribution in [0.5, 0.6) is 0 Å². The van der Waals surface area contributed by atoms with Crippen LogP contribution in [0.4, 0.5) is 0 Å². The number of Topliss-reactive ketones (excluding diaryl/α,β-unsaturated/α-hetero) is 7. The third-order valence-electron chi connectivity index (χ3n) is 34.4. The van der Waals surface area contributed by atoms with E-state index in [1.807, 2.05) is 27.7 Å². The van der Waals surface area contributed by atoms with Crippen LogP contribution in [0.25, 0.3) is 0 Å². The number of amides is 15. The summed E-state index contributed by atoms with van der Waals surface area (Å²) in [6, 6.07) is -1.61. The molecule has 14 fully saturated rings. The summed E-state index contributed by atoms with van der Waals surface area (Å²) in [4.78, 5) is 270. The Bertz CT molecular complexity index is 4850. The number of β-lactam (4-membered cyclic amide) rings is 7. The van der Waals surface area contributed by atoms with E-state index in [9.17, 15) is 105 Å². The summed E-state index contributed by atoms with van der Waals surface area (Å²) in [5.74, 6) is 1.49. The first-order valence-corrected chi connectivity index (χ1v) is 55.9. The van der Waals surface area contributed by atoms with Gasteiger partial charge in [-0.3, -0.25) is 105 Å². The minimum atomic E-state index is -0.552. The van der Waals surface area contributed by atoms with Gasteiger partial charge in [0.2, 0.25) is 88.6 Å². The van der Waals surface area contributed by atoms with E-state index in [0.29, 0.717) is 94.3 Å². The first-order chi connectivity index (χ1) is 69.7. The highest BCUT2D eigenvalue weighted by Gasteiger charge is 2.62. The number of nitrogens with zero attached hydrogens (tertiary/aromatic N) is 7. The number of nitrogens with one attached hydrogen (secondary N) is 5. The number of likely N-dealkylation sites (tertiary alicyclic amines) is 7. The highest BCUT2D eigenvalue weighted by molar-refractivity contribution is 7.80. The zero-order valence-corrected chi connectivity index (χ0v) is 93.6. The molecule has 38 nitrogen and oxygen atoms in total. The van der Waals surface area contributed by atoms with Crippen molar-refractivity contribution in [3.05, 3.63) is 0 Å². The summed E-state index contributed by atoms with van der Waals surface area (Å²) >= 11 is 8.34. The second-order valence-corrected chi connectivity index (χ2v) is 48.1. The smallest absolute Gasteiger partial charge is 0.231 e. The van der Waals surface area contributed by atoms with Gasteiger partial charge in [-0.25, -0.2) is 0 Å². The molecule has 14 aliphatic rings. The van der Waals surface area contributed by atoms with Crippen LogP contribution in [0.3, 0.4) is 0 Å². The Labute approximate surface area is 891 Å². The Morgan fingerprint density at radius 3 is 0.671 bits per heavy atom. The summed E-state index contributed by atoms with van der Waals surface area (Å²) in [6.07, 6.45) is 26.6. The molecule has 149 heavy (non-hydrogen) atoms. The Balaban J connectivity index is 0.000000212. The van der Waals surface area contributed by atoms with Crippen LogP contribution in [-0.2, 0) is 105 Å². The summed E-state index contributed by atoms with van der Waals surface area (Å²) in [5.41, 5.74) is 18.7. The van der Waals surface area contributed by atoms with Crippen LogP contribution in [-0.4, -0.2) is 300 Å². The molecule has 0 aromatic carbocycles. The number of rotatable bonds is 37. The maximum atomic E-state index is 12.7. The highest BCUT2D eigenvalue weighted by Crippen LogP contribution is 2.54. The molecule has 13 N–H and O–H groups in total. The first-order valence-electron chi connectivity index (χ1n) is 54.7. The molecule has 6 unspecified atom stereocenters. The summed E-state index contributed by atoms with van der Waals surface area (Å²) in [5, 5.41) is 15.5. The minimum Gasteiger partial charge on any atom is -0.370 e. The fourth-order valence-electron chi connectivity index (χ4n) is 24.6. The lowest BCUT2D eigenvalue weighted by atomic mass is 9.65. The van der Waals surface area contributed by atoms with Crippen LogP contribution in [0.15, 0.2) is 0 Å². The van der Waals surface area contributed by atoms with Crippen LogP contribution < -0.4 is 49.5 Å². The van der Waals surface area contributed by atoms with E-state index in [2.05, 4.69) is 79.5 Å². The molecule has 0 aromatic rings. The molecule has 7 heterocycles. The molecule has 0 bridgehead atoms. The third-order valence-corrected chi connectivity index (χ3v) is 35.1. The molecule has 7 saturated carbocycles. The van der Waals surface area contributed by atoms with Crippen molar-refractivity contribution in [3.63, 3.8) is 0 Å². The molecule has 15 amide bonds. The van der Waals surface area contributed by atoms with Crippen LogP contribution >= 0.6 is 25.3 Å². The first kappa shape index (κ1) is 125. The molecule has 836 valence electrons. The average Bonchev–Trinajstić information content (AvgIpc) is 0.722. The van der Waals surface area contributed by atoms with Crippen LogP contribution in [0, 0.1) is 67.5 Å². The van der Waals surface area contributed by atoms with Crippen molar-refractivity contribution < 1.29 is 105 Å². The maximum Gasteiger partial charge on any atom is 0.231 e. The van der Waals surface area contributed by atoms with Gasteiger partial charge in [-0.1, -0.05) is 55.4 Å². The Hall–Kier alpha value is -9.60. The summed E-state index contributed by atoms with van der Waals surface area (Å²) in [7, 11) is 0. The summed E-state index contributed by atoms with van der Waals surface area (Å²) in [6.45, 7) is 35.6. The maximum absolute atomic E-state index is 12.7. The van der Waals surface area contributed by atoms with Gasteiger partial charge in [0.15, 0.2) is 34.7 Å². The van der Waals surface area contributed by atoms with Crippen LogP contribution in [0.1, 0.15) is 349 Å². The molecule has 7 aliphatic heterocycles. The van der Waals surface area contributed by atoms with E-state index >= 15 is 0 Å². The Morgan fingerprint density at radius 1 is 0.295 bits per heavy atom. The number of hydrogen-bond acceptors (Lipinski definition) is 25. The molecule has 7 saturated heterocycles. The zero-order valence-electron chi connectivity index (χ0n) is 91.8. The van der Waals surface area contributed by atoms with E-state index in [-0.39, 0.29) is 224 Å². The number of primary amides is 4. The molecule has 0 aromatic heterocycles. The van der Waals surface area contributed by atoms with Crippen molar-refractivity contribution in [1.82, 2.24) is 60.9 Å². The van der Waals surface area contributed by atoms with E-state index in [0.717, 1.165) is 199 Å². The lowest BCUT2D eigenvalue weighted by Gasteiger charge is -2.54. The van der Waals surface area contributed by atoms with Crippen molar-refractivity contribution in [3.8, 4) is 0 Å². The van der Waals surface area contributed by atoms with Crippen molar-refractivity contribution in [2.24, 2.45) is 90.4 Å². The number of ketones is 7. The second-order valence-electron chi connectivity index (χ2n) is 47.3. The van der Waals surface area contributed by atoms with Gasteiger partial charge in [-0.15, -0.1) is 0 Å². The van der Waals surface area contributed by atoms with Crippen molar-refractivity contribution in [1.29, 1.82) is 0 Å². The quantitative estimate of drug-likeness (QED) is 0.0217. The van der Waals surface area contributed by atoms with Gasteiger partial charge in [0.05, 0.1) is 80.7 Å². The van der Waals surface area contributed by atoms with Gasteiger partial charge in [0, 0.05) is 139 Å². The molecule has 7 aliphatic carbocycles. The van der Waals surface area contributed by atoms with Gasteiger partial charge < -0.3 is 83.8 Å². The molecule has 40 heteroatoms. The molecule has 0 radical (unpaired) electrons. The van der Waals surface area contributed by atoms with Crippen molar-refractivity contribution >= 4 is 154 Å². The van der Waals surface area contributed by atoms with E-state index in [1.165, 1.54) is 55.4 Å². The third kappa shape index (κ3) is 31.8. The van der Waals surface area contributed by atoms with E-state index in [1.54, 1.807) is 41.2 Å². The minimum absolute atomic E-state index is 0.00211. The normalized spacial score (nSPS) is 29.6. The van der Waals surface area contributed by atoms with Gasteiger partial charge in [-0.2, -0.15) is 25.3 Å². The Kier molecular flexibility index (Phi) is 45.4. The number of thiol groups is 2. The lowest BCUT2D eigenvalue weighted by molar-refractivity contribution is -0.171. The predicted molar refractivity (Wildman–Crippen MR) is 566 cm³/mol. The fraction of sp³-hybridized carbons (Fsp3) is 0.798. The number of carbonyl (C=O) groups excluding carboxylic acids is 22. The molecular formula is C109H176N16O22S2. The van der Waals surface area contributed by atoms with Gasteiger partial charge in [0.25, 0.3) is 0 Å². The highest BCUT2D eigenvalue weighted by atomic mass is 32.1. The predicted octanol–water partition coefficient (Wildman–Crippen LogP) is 7.16. The van der Waals surface area contributed by atoms with Gasteiger partial charge in [-0.05, 0) is 278 Å². The molecule has 14 rings (SSSR count). The van der Waals surface area contributed by atoms with Gasteiger partial charge >= 0.3 is 0 Å². The van der Waals surface area contributed by atoms with E-state index < -0.39 is 47.8 Å². The Morgan fingerprint density at radius 2 is 0.497 bits per heavy atom. The number of nitrogens with two attached hydrogens (primary N) is 4. The average molecular weight is 2130 g/mol. The number of hydrogen-bond donors (Lipinski definition) is 11.